The third-order valence-corrected chi connectivity index (χ3v) is 10.7. The molecule has 24 heavy (non-hydrogen) atoms. The van der Waals surface area contributed by atoms with Crippen LogP contribution in [-0.2, 0) is 15.8 Å². The van der Waals surface area contributed by atoms with Crippen molar-refractivity contribution < 1.29 is 8.98 Å². The molecule has 0 aliphatic carbocycles. The Bertz CT molecular complexity index is 521. The molecule has 0 spiro atoms. The number of nitrogens with zero attached hydrogens (tertiary/aromatic N) is 1. The first-order valence-electron chi connectivity index (χ1n) is 8.48. The summed E-state index contributed by atoms with van der Waals surface area (Å²) in [5, 5.41) is 0.145. The molecule has 1 aromatic heterocycles. The molecule has 0 bridgehead atoms. The molecule has 0 fully saturated rings. The number of aromatic nitrogens is 1. The van der Waals surface area contributed by atoms with Crippen LogP contribution in [0, 0.1) is 6.92 Å². The fourth-order valence-corrected chi connectivity index (χ4v) is 3.53. The van der Waals surface area contributed by atoms with E-state index in [2.05, 4.69) is 43.6 Å². The Kier molecular flexibility index (Phi) is 7.10. The summed E-state index contributed by atoms with van der Waals surface area (Å²) in [5.41, 5.74) is 1.98. The predicted molar refractivity (Wildman–Crippen MR) is 106 cm³/mol. The van der Waals surface area contributed by atoms with Gasteiger partial charge in [0.1, 0.15) is 10.8 Å². The highest BCUT2D eigenvalue weighted by molar-refractivity contribution is 7.90. The van der Waals surface area contributed by atoms with E-state index in [1.165, 1.54) is 0 Å². The zero-order valence-electron chi connectivity index (χ0n) is 16.7. The van der Waals surface area contributed by atoms with Crippen molar-refractivity contribution in [2.75, 3.05) is 6.61 Å². The lowest BCUT2D eigenvalue weighted by atomic mass is 10.1. The number of pyridine rings is 1. The summed E-state index contributed by atoms with van der Waals surface area (Å²) in [6.07, 6.45) is 1.85. The lowest BCUT2D eigenvalue weighted by Crippen LogP contribution is -2.46. The highest BCUT2D eigenvalue weighted by atomic mass is 32.2. The first-order chi connectivity index (χ1) is 10.7. The molecule has 1 N–H and O–H groups in total. The van der Waals surface area contributed by atoms with E-state index in [0.717, 1.165) is 11.3 Å². The van der Waals surface area contributed by atoms with Crippen LogP contribution in [0.15, 0.2) is 18.3 Å². The lowest BCUT2D eigenvalue weighted by molar-refractivity contribution is 0.256. The SMILES string of the molecule is Cc1ccc([C@@H](CO[Si](C)(C)C(C)(C)C)N[S+]([O-])C(C)(C)C)cn1. The average molecular weight is 371 g/mol. The minimum atomic E-state index is -1.87. The zero-order valence-corrected chi connectivity index (χ0v) is 18.5. The first-order valence-corrected chi connectivity index (χ1v) is 12.5. The third-order valence-electron chi connectivity index (χ3n) is 4.56. The second-order valence-corrected chi connectivity index (χ2v) is 15.7. The van der Waals surface area contributed by atoms with Crippen LogP contribution in [0.2, 0.25) is 18.1 Å². The minimum Gasteiger partial charge on any atom is -0.598 e. The second kappa shape index (κ2) is 7.87. The molecule has 0 radical (unpaired) electrons. The van der Waals surface area contributed by atoms with Crippen LogP contribution in [0.1, 0.15) is 58.8 Å². The van der Waals surface area contributed by atoms with E-state index in [4.69, 9.17) is 4.43 Å². The van der Waals surface area contributed by atoms with Gasteiger partial charge in [0, 0.05) is 23.3 Å². The van der Waals surface area contributed by atoms with E-state index in [9.17, 15) is 4.55 Å². The van der Waals surface area contributed by atoms with E-state index >= 15 is 0 Å². The normalized spacial score (nSPS) is 16.1. The predicted octanol–water partition coefficient (Wildman–Crippen LogP) is 4.50. The molecule has 1 rings (SSSR count). The van der Waals surface area contributed by atoms with Gasteiger partial charge in [0.15, 0.2) is 8.32 Å². The van der Waals surface area contributed by atoms with Crippen molar-refractivity contribution in [1.82, 2.24) is 9.71 Å². The molecule has 0 aromatic carbocycles. The van der Waals surface area contributed by atoms with Gasteiger partial charge in [-0.05, 0) is 57.5 Å². The smallest absolute Gasteiger partial charge is 0.192 e. The van der Waals surface area contributed by atoms with Crippen LogP contribution in [0.5, 0.6) is 0 Å². The number of hydrogen-bond acceptors (Lipinski definition) is 4. The fraction of sp³-hybridized carbons (Fsp3) is 0.722. The molecule has 6 heteroatoms. The van der Waals surface area contributed by atoms with Crippen molar-refractivity contribution in [3.63, 3.8) is 0 Å². The van der Waals surface area contributed by atoms with Gasteiger partial charge in [-0.1, -0.05) is 26.8 Å². The molecule has 0 aliphatic heterocycles. The second-order valence-electron chi connectivity index (χ2n) is 8.86. The van der Waals surface area contributed by atoms with Crippen LogP contribution in [-0.4, -0.2) is 29.2 Å². The van der Waals surface area contributed by atoms with Crippen molar-refractivity contribution in [3.8, 4) is 0 Å². The molecular weight excluding hydrogens is 336 g/mol. The van der Waals surface area contributed by atoms with E-state index in [1.807, 2.05) is 46.0 Å². The largest absolute Gasteiger partial charge is 0.598 e. The van der Waals surface area contributed by atoms with Gasteiger partial charge in [0.2, 0.25) is 0 Å². The maximum absolute atomic E-state index is 12.6. The van der Waals surface area contributed by atoms with E-state index in [1.54, 1.807) is 0 Å². The monoisotopic (exact) mass is 370 g/mol. The number of hydrogen-bond donors (Lipinski definition) is 1. The Labute approximate surface area is 152 Å². The molecule has 1 heterocycles. The third kappa shape index (κ3) is 6.15. The summed E-state index contributed by atoms with van der Waals surface area (Å²) in [5.74, 6) is 0. The number of nitrogens with one attached hydrogen (secondary N) is 1. The average Bonchev–Trinajstić information content (AvgIpc) is 2.42. The Morgan fingerprint density at radius 3 is 2.21 bits per heavy atom. The molecule has 0 saturated heterocycles. The Morgan fingerprint density at radius 1 is 1.21 bits per heavy atom. The van der Waals surface area contributed by atoms with Crippen molar-refractivity contribution in [1.29, 1.82) is 0 Å². The van der Waals surface area contributed by atoms with Gasteiger partial charge >= 0.3 is 0 Å². The number of aryl methyl sites for hydroxylation is 1. The van der Waals surface area contributed by atoms with Gasteiger partial charge in [0.05, 0.1) is 6.61 Å². The first kappa shape index (κ1) is 21.6. The molecule has 0 saturated carbocycles. The van der Waals surface area contributed by atoms with Crippen LogP contribution >= 0.6 is 0 Å². The summed E-state index contributed by atoms with van der Waals surface area (Å²) < 4.78 is 21.9. The van der Waals surface area contributed by atoms with Gasteiger partial charge in [-0.3, -0.25) is 4.98 Å². The Morgan fingerprint density at radius 2 is 1.79 bits per heavy atom. The molecule has 1 aromatic rings. The standard InChI is InChI=1S/C18H34N2O2SSi/c1-14-10-11-15(12-19-14)16(20-23(21)17(2,3)4)13-22-24(8,9)18(5,6)7/h10-12,16,20H,13H2,1-9H3/t16-,23?/m1/s1. The lowest BCUT2D eigenvalue weighted by Gasteiger charge is -2.37. The van der Waals surface area contributed by atoms with Crippen molar-refractivity contribution >= 4 is 19.7 Å². The summed E-state index contributed by atoms with van der Waals surface area (Å²) in [4.78, 5) is 4.38. The van der Waals surface area contributed by atoms with E-state index in [-0.39, 0.29) is 15.8 Å². The van der Waals surface area contributed by atoms with Gasteiger partial charge < -0.3 is 8.98 Å². The molecule has 0 amide bonds. The molecule has 4 nitrogen and oxygen atoms in total. The molecule has 1 unspecified atom stereocenters. The number of rotatable bonds is 6. The van der Waals surface area contributed by atoms with Crippen LogP contribution < -0.4 is 4.72 Å². The van der Waals surface area contributed by atoms with Crippen LogP contribution in [0.3, 0.4) is 0 Å². The quantitative estimate of drug-likeness (QED) is 0.591. The summed E-state index contributed by atoms with van der Waals surface area (Å²) in [6, 6.07) is 3.89. The van der Waals surface area contributed by atoms with Crippen molar-refractivity contribution in [2.24, 2.45) is 0 Å². The maximum Gasteiger partial charge on any atom is 0.192 e. The molecular formula is C18H34N2O2SSi. The van der Waals surface area contributed by atoms with Crippen molar-refractivity contribution in [3.05, 3.63) is 29.6 Å². The van der Waals surface area contributed by atoms with Crippen LogP contribution in [0.25, 0.3) is 0 Å². The van der Waals surface area contributed by atoms with Gasteiger partial charge in [-0.25, -0.2) is 0 Å². The molecule has 138 valence electrons. The van der Waals surface area contributed by atoms with Gasteiger partial charge in [-0.15, -0.1) is 4.72 Å². The van der Waals surface area contributed by atoms with Gasteiger partial charge in [-0.2, -0.15) is 0 Å². The summed E-state index contributed by atoms with van der Waals surface area (Å²) >= 11 is -1.17. The van der Waals surface area contributed by atoms with Gasteiger partial charge in [0.25, 0.3) is 0 Å². The molecule has 0 aliphatic rings. The van der Waals surface area contributed by atoms with E-state index < -0.39 is 19.7 Å². The van der Waals surface area contributed by atoms with Crippen molar-refractivity contribution in [2.45, 2.75) is 77.4 Å². The Hall–Kier alpha value is -0.403. The zero-order chi connectivity index (χ0) is 18.8. The summed E-state index contributed by atoms with van der Waals surface area (Å²) in [7, 11) is -1.87. The van der Waals surface area contributed by atoms with E-state index in [0.29, 0.717) is 6.61 Å². The highest BCUT2D eigenvalue weighted by Crippen LogP contribution is 2.37. The Balaban J connectivity index is 2.95. The molecule has 2 atom stereocenters. The maximum atomic E-state index is 12.6. The topological polar surface area (TPSA) is 57.2 Å². The fourth-order valence-electron chi connectivity index (χ4n) is 1.70. The minimum absolute atomic E-state index is 0.132. The highest BCUT2D eigenvalue weighted by Gasteiger charge is 2.38. The summed E-state index contributed by atoms with van der Waals surface area (Å²) in [6.45, 7) is 19.5. The van der Waals surface area contributed by atoms with Crippen LogP contribution in [0.4, 0.5) is 0 Å².